The van der Waals surface area contributed by atoms with Gasteiger partial charge in [-0.1, -0.05) is 80.7 Å². The van der Waals surface area contributed by atoms with Gasteiger partial charge in [-0.3, -0.25) is 14.6 Å². The number of allylic oxidation sites excluding steroid dienone is 14. The van der Waals surface area contributed by atoms with Gasteiger partial charge in [0.05, 0.1) is 11.1 Å². The first kappa shape index (κ1) is 28.3. The zero-order valence-electron chi connectivity index (χ0n) is 19.0. The van der Waals surface area contributed by atoms with E-state index in [0.717, 1.165) is 6.08 Å². The fourth-order valence-electron chi connectivity index (χ4n) is 2.03. The van der Waals surface area contributed by atoms with Crippen LogP contribution in [0.4, 0.5) is 0 Å². The Hall–Kier alpha value is -4.67. The molecule has 0 unspecified atom stereocenters. The Morgan fingerprint density at radius 3 is 2.03 bits per heavy atom. The van der Waals surface area contributed by atoms with Gasteiger partial charge in [-0.2, -0.15) is 0 Å². The lowest BCUT2D eigenvalue weighted by Gasteiger charge is -2.04. The summed E-state index contributed by atoms with van der Waals surface area (Å²) in [6.07, 6.45) is 18.3. The molecule has 166 valence electrons. The average molecular weight is 438 g/mol. The zero-order chi connectivity index (χ0) is 25.1. The number of hydrogen-bond donors (Lipinski definition) is 1. The van der Waals surface area contributed by atoms with E-state index in [-0.39, 0.29) is 11.1 Å². The second kappa shape index (κ2) is 17.1. The van der Waals surface area contributed by atoms with Crippen LogP contribution in [0.2, 0.25) is 0 Å². The van der Waals surface area contributed by atoms with Gasteiger partial charge in [0.1, 0.15) is 5.76 Å². The lowest BCUT2D eigenvalue weighted by Crippen LogP contribution is -2.09. The van der Waals surface area contributed by atoms with Crippen LogP contribution in [0.5, 0.6) is 0 Å². The highest BCUT2D eigenvalue weighted by Gasteiger charge is 2.18. The van der Waals surface area contributed by atoms with Crippen molar-refractivity contribution >= 4 is 17.8 Å². The number of carbonyl (C=O) groups is 2. The lowest BCUT2D eigenvalue weighted by atomic mass is 10.0. The molecule has 0 fully saturated rings. The van der Waals surface area contributed by atoms with Crippen LogP contribution in [-0.4, -0.2) is 22.9 Å². The molecule has 33 heavy (non-hydrogen) atoms. The van der Waals surface area contributed by atoms with Crippen molar-refractivity contribution in [2.45, 2.75) is 13.8 Å². The van der Waals surface area contributed by atoms with Gasteiger partial charge in [-0.25, -0.2) is 0 Å². The number of rotatable bonds is 10. The molecule has 0 aliphatic carbocycles. The second-order valence-corrected chi connectivity index (χ2v) is 5.85. The summed E-state index contributed by atoms with van der Waals surface area (Å²) in [5, 5.41) is 10.6. The van der Waals surface area contributed by atoms with Crippen molar-refractivity contribution in [1.82, 2.24) is 0 Å². The summed E-state index contributed by atoms with van der Waals surface area (Å²) in [6, 6.07) is 0. The highest BCUT2D eigenvalue weighted by Crippen LogP contribution is 2.16. The molecule has 4 heteroatoms. The molecule has 0 bridgehead atoms. The summed E-state index contributed by atoms with van der Waals surface area (Å²) in [6.45, 7) is 17.8. The monoisotopic (exact) mass is 437 g/mol. The van der Waals surface area contributed by atoms with E-state index in [1.807, 2.05) is 0 Å². The molecule has 0 saturated heterocycles. The van der Waals surface area contributed by atoms with Gasteiger partial charge in [-0.15, -0.1) is 0 Å². The van der Waals surface area contributed by atoms with E-state index in [0.29, 0.717) is 11.1 Å². The minimum absolute atomic E-state index is 0.207. The molecule has 0 saturated carbocycles. The summed E-state index contributed by atoms with van der Waals surface area (Å²) >= 11 is 0. The Morgan fingerprint density at radius 2 is 1.48 bits per heavy atom. The minimum Gasteiger partial charge on any atom is -0.506 e. The molecular weight excluding hydrogens is 410 g/mol. The van der Waals surface area contributed by atoms with E-state index >= 15 is 0 Å². The Morgan fingerprint density at radius 1 is 0.818 bits per heavy atom. The number of nitrogens with zero attached hydrogens (tertiary/aromatic N) is 1. The minimum atomic E-state index is -0.729. The third-order valence-electron chi connectivity index (χ3n) is 3.67. The molecule has 0 heterocycles. The Kier molecular flexibility index (Phi) is 14.6. The van der Waals surface area contributed by atoms with Crippen molar-refractivity contribution in [1.29, 1.82) is 0 Å². The molecule has 0 atom stereocenters. The molecule has 0 rings (SSSR count). The van der Waals surface area contributed by atoms with Gasteiger partial charge < -0.3 is 5.11 Å². The van der Waals surface area contributed by atoms with Crippen molar-refractivity contribution in [2.24, 2.45) is 4.99 Å². The SMILES string of the molecule is C=C/C=C\C=C(\C#CC(=O)/C(C=C)=C(O)/C(=C\C=C)C(=O)C#CC(/C=C\N=CC)=C/C)C=C. The third-order valence-corrected chi connectivity index (χ3v) is 3.67. The van der Waals surface area contributed by atoms with Crippen LogP contribution in [0, 0.1) is 23.7 Å². The number of aliphatic hydroxyl groups excluding tert-OH is 1. The first-order valence-electron chi connectivity index (χ1n) is 9.83. The molecule has 0 aromatic rings. The molecule has 0 amide bonds. The van der Waals surface area contributed by atoms with E-state index in [9.17, 15) is 14.7 Å². The summed E-state index contributed by atoms with van der Waals surface area (Å²) in [4.78, 5) is 29.1. The Balaban J connectivity index is 6.17. The van der Waals surface area contributed by atoms with Crippen LogP contribution in [0.15, 0.2) is 126 Å². The molecule has 0 radical (unpaired) electrons. The quantitative estimate of drug-likeness (QED) is 0.120. The Labute approximate surface area is 196 Å². The lowest BCUT2D eigenvalue weighted by molar-refractivity contribution is -0.110. The summed E-state index contributed by atoms with van der Waals surface area (Å²) < 4.78 is 0. The summed E-state index contributed by atoms with van der Waals surface area (Å²) in [5.74, 6) is 8.18. The van der Waals surface area contributed by atoms with Crippen molar-refractivity contribution in [3.63, 3.8) is 0 Å². The molecule has 0 aromatic carbocycles. The van der Waals surface area contributed by atoms with Crippen LogP contribution in [0.1, 0.15) is 13.8 Å². The number of aliphatic imine (C=N–C) groups is 1. The van der Waals surface area contributed by atoms with Crippen molar-refractivity contribution < 1.29 is 14.7 Å². The van der Waals surface area contributed by atoms with Gasteiger partial charge in [0.2, 0.25) is 11.6 Å². The third kappa shape index (κ3) is 10.8. The first-order chi connectivity index (χ1) is 15.9. The Bertz CT molecular complexity index is 1140. The van der Waals surface area contributed by atoms with E-state index in [2.05, 4.69) is 55.0 Å². The first-order valence-corrected chi connectivity index (χ1v) is 9.83. The van der Waals surface area contributed by atoms with Crippen molar-refractivity contribution in [3.05, 3.63) is 121 Å². The predicted octanol–water partition coefficient (Wildman–Crippen LogP) is 5.65. The molecule has 1 N–H and O–H groups in total. The van der Waals surface area contributed by atoms with E-state index < -0.39 is 17.3 Å². The zero-order valence-corrected chi connectivity index (χ0v) is 19.0. The maximum atomic E-state index is 12.6. The average Bonchev–Trinajstić information content (AvgIpc) is 2.82. The fraction of sp³-hybridized carbons (Fsp3) is 0.0690. The van der Waals surface area contributed by atoms with E-state index in [1.165, 1.54) is 18.2 Å². The standard InChI is InChI=1S/C29H27NO3/c1-7-13-14-16-23(9-3)17-19-27(31)25(11-5)29(33)26(15-8-2)28(32)20-18-24(10-4)21-22-30-12-6/h7-16,21-22,33H,1-3,5H2,4,6H3/b14-13-,22-21-,23-16+,24-10-,26-15-,29-25-,30-12?. The fourth-order valence-corrected chi connectivity index (χ4v) is 2.03. The molecule has 0 aromatic heterocycles. The second-order valence-electron chi connectivity index (χ2n) is 5.85. The molecule has 0 aliphatic rings. The summed E-state index contributed by atoms with van der Waals surface area (Å²) in [5.41, 5.74) is 0.587. The number of aliphatic hydroxyl groups is 1. The molecule has 0 aliphatic heterocycles. The van der Waals surface area contributed by atoms with Crippen LogP contribution in [0.25, 0.3) is 0 Å². The molecule has 4 nitrogen and oxygen atoms in total. The molecule has 0 spiro atoms. The highest BCUT2D eigenvalue weighted by atomic mass is 16.3. The number of carbonyl (C=O) groups excluding carboxylic acids is 2. The largest absolute Gasteiger partial charge is 0.506 e. The molecular formula is C29H27NO3. The number of ketones is 2. The number of Topliss-reactive ketones (excluding diaryl/α,β-unsaturated/α-hetero) is 2. The van der Waals surface area contributed by atoms with Gasteiger partial charge >= 0.3 is 0 Å². The van der Waals surface area contributed by atoms with E-state index in [4.69, 9.17) is 0 Å². The van der Waals surface area contributed by atoms with Crippen LogP contribution < -0.4 is 0 Å². The van der Waals surface area contributed by atoms with Gasteiger partial charge in [0.25, 0.3) is 0 Å². The topological polar surface area (TPSA) is 66.7 Å². The van der Waals surface area contributed by atoms with Crippen molar-refractivity contribution in [2.75, 3.05) is 0 Å². The summed E-state index contributed by atoms with van der Waals surface area (Å²) in [7, 11) is 0. The predicted molar refractivity (Wildman–Crippen MR) is 138 cm³/mol. The smallest absolute Gasteiger partial charge is 0.239 e. The normalized spacial score (nSPS) is 13.0. The van der Waals surface area contributed by atoms with E-state index in [1.54, 1.807) is 62.7 Å². The maximum absolute atomic E-state index is 12.6. The van der Waals surface area contributed by atoms with Gasteiger partial charge in [0, 0.05) is 23.6 Å². The van der Waals surface area contributed by atoms with Crippen LogP contribution >= 0.6 is 0 Å². The maximum Gasteiger partial charge on any atom is 0.239 e. The van der Waals surface area contributed by atoms with Crippen molar-refractivity contribution in [3.8, 4) is 23.7 Å². The van der Waals surface area contributed by atoms with Crippen LogP contribution in [-0.2, 0) is 9.59 Å². The van der Waals surface area contributed by atoms with Gasteiger partial charge in [0.15, 0.2) is 0 Å². The van der Waals surface area contributed by atoms with Crippen LogP contribution in [0.3, 0.4) is 0 Å². The number of hydrogen-bond acceptors (Lipinski definition) is 4. The van der Waals surface area contributed by atoms with Gasteiger partial charge in [-0.05, 0) is 43.9 Å². The highest BCUT2D eigenvalue weighted by molar-refractivity contribution is 6.16.